The molecule has 0 spiro atoms. The van der Waals surface area contributed by atoms with E-state index in [0.717, 1.165) is 16.9 Å². The molecule has 0 saturated carbocycles. The van der Waals surface area contributed by atoms with E-state index in [1.54, 1.807) is 6.92 Å². The van der Waals surface area contributed by atoms with Crippen LogP contribution in [0, 0.1) is 12.8 Å². The largest absolute Gasteiger partial charge is 0.351 e. The second-order valence-corrected chi connectivity index (χ2v) is 7.44. The Bertz CT molecular complexity index is 687. The molecule has 4 N–H and O–H groups in total. The number of aryl methyl sites for hydroxylation is 1. The molecule has 7 nitrogen and oxygen atoms in total. The number of carbonyl (C=O) groups excluding carboxylic acids is 3. The molecule has 1 fully saturated rings. The molecule has 142 valence electrons. The van der Waals surface area contributed by atoms with Gasteiger partial charge in [0.15, 0.2) is 0 Å². The molecule has 1 aliphatic rings. The Balaban J connectivity index is 2.09. The van der Waals surface area contributed by atoms with E-state index in [9.17, 15) is 14.4 Å². The van der Waals surface area contributed by atoms with E-state index in [1.165, 1.54) is 0 Å². The van der Waals surface area contributed by atoms with Crippen LogP contribution in [0.1, 0.15) is 38.3 Å². The average Bonchev–Trinajstić information content (AvgIpc) is 2.78. The molecule has 0 bridgehead atoms. The van der Waals surface area contributed by atoms with Crippen LogP contribution in [-0.2, 0) is 15.1 Å². The quantitative estimate of drug-likeness (QED) is 0.637. The van der Waals surface area contributed by atoms with Crippen LogP contribution in [0.25, 0.3) is 0 Å². The highest BCUT2D eigenvalue weighted by atomic mass is 16.2. The fraction of sp³-hybridized carbons (Fsp3) is 0.526. The lowest BCUT2D eigenvalue weighted by Gasteiger charge is -2.23. The van der Waals surface area contributed by atoms with Crippen molar-refractivity contribution in [1.29, 1.82) is 0 Å². The van der Waals surface area contributed by atoms with Gasteiger partial charge in [0.2, 0.25) is 5.91 Å². The number of rotatable bonds is 7. The maximum absolute atomic E-state index is 12.8. The van der Waals surface area contributed by atoms with Crippen LogP contribution in [0.2, 0.25) is 0 Å². The Morgan fingerprint density at radius 2 is 1.88 bits per heavy atom. The van der Waals surface area contributed by atoms with E-state index in [-0.39, 0.29) is 12.6 Å². The second-order valence-electron chi connectivity index (χ2n) is 7.44. The van der Waals surface area contributed by atoms with Gasteiger partial charge in [0, 0.05) is 12.6 Å². The lowest BCUT2D eigenvalue weighted by Crippen LogP contribution is -2.47. The number of carbonyl (C=O) groups is 3. The molecule has 1 aromatic rings. The Labute approximate surface area is 154 Å². The van der Waals surface area contributed by atoms with Crippen molar-refractivity contribution in [3.05, 3.63) is 35.4 Å². The van der Waals surface area contributed by atoms with Crippen LogP contribution in [0.15, 0.2) is 24.3 Å². The van der Waals surface area contributed by atoms with Crippen molar-refractivity contribution in [3.8, 4) is 0 Å². The standard InChI is InChI=1S/C19H28N4O3/c1-12(2)9-15(10-20)21-16(24)11-23-17(25)19(4,22-18(23)26)14-7-5-13(3)6-8-14/h5-8,12,15H,9-11,20H2,1-4H3,(H,21,24)(H,22,26). The smallest absolute Gasteiger partial charge is 0.325 e. The highest BCUT2D eigenvalue weighted by Crippen LogP contribution is 2.28. The van der Waals surface area contributed by atoms with E-state index >= 15 is 0 Å². The van der Waals surface area contributed by atoms with Crippen LogP contribution in [0.3, 0.4) is 0 Å². The van der Waals surface area contributed by atoms with Gasteiger partial charge in [0.1, 0.15) is 12.1 Å². The van der Waals surface area contributed by atoms with Gasteiger partial charge in [-0.05, 0) is 31.7 Å². The summed E-state index contributed by atoms with van der Waals surface area (Å²) >= 11 is 0. The number of hydrogen-bond acceptors (Lipinski definition) is 4. The number of nitrogens with one attached hydrogen (secondary N) is 2. The molecule has 0 radical (unpaired) electrons. The molecule has 7 heteroatoms. The molecule has 4 amide bonds. The summed E-state index contributed by atoms with van der Waals surface area (Å²) in [5.41, 5.74) is 6.26. The third kappa shape index (κ3) is 4.22. The van der Waals surface area contributed by atoms with Crippen molar-refractivity contribution in [3.63, 3.8) is 0 Å². The zero-order valence-electron chi connectivity index (χ0n) is 15.8. The van der Waals surface area contributed by atoms with Crippen LogP contribution in [0.5, 0.6) is 0 Å². The van der Waals surface area contributed by atoms with Gasteiger partial charge in [-0.3, -0.25) is 14.5 Å². The number of imide groups is 1. The predicted octanol–water partition coefficient (Wildman–Crippen LogP) is 1.25. The molecule has 0 aromatic heterocycles. The van der Waals surface area contributed by atoms with Gasteiger partial charge in [0.05, 0.1) is 0 Å². The monoisotopic (exact) mass is 360 g/mol. The summed E-state index contributed by atoms with van der Waals surface area (Å²) in [7, 11) is 0. The molecule has 2 rings (SSSR count). The van der Waals surface area contributed by atoms with Crippen molar-refractivity contribution in [2.45, 2.75) is 45.7 Å². The number of benzene rings is 1. The number of amides is 4. The first-order valence-electron chi connectivity index (χ1n) is 8.88. The van der Waals surface area contributed by atoms with Crippen molar-refractivity contribution in [2.75, 3.05) is 13.1 Å². The fourth-order valence-electron chi connectivity index (χ4n) is 3.12. The zero-order chi connectivity index (χ0) is 19.5. The highest BCUT2D eigenvalue weighted by molar-refractivity contribution is 6.09. The van der Waals surface area contributed by atoms with E-state index in [4.69, 9.17) is 5.73 Å². The van der Waals surface area contributed by atoms with Crippen molar-refractivity contribution < 1.29 is 14.4 Å². The highest BCUT2D eigenvalue weighted by Gasteiger charge is 2.49. The lowest BCUT2D eigenvalue weighted by atomic mass is 9.91. The molecular formula is C19H28N4O3. The Morgan fingerprint density at radius 1 is 1.27 bits per heavy atom. The summed E-state index contributed by atoms with van der Waals surface area (Å²) in [5.74, 6) is -0.446. The van der Waals surface area contributed by atoms with Crippen molar-refractivity contribution in [1.82, 2.24) is 15.5 Å². The molecule has 1 heterocycles. The molecule has 0 aliphatic carbocycles. The minimum atomic E-state index is -1.17. The Morgan fingerprint density at radius 3 is 2.42 bits per heavy atom. The summed E-state index contributed by atoms with van der Waals surface area (Å²) < 4.78 is 0. The molecule has 26 heavy (non-hydrogen) atoms. The third-order valence-electron chi connectivity index (χ3n) is 4.61. The number of nitrogens with zero attached hydrogens (tertiary/aromatic N) is 1. The van der Waals surface area contributed by atoms with Gasteiger partial charge in [-0.2, -0.15) is 0 Å². The fourth-order valence-corrected chi connectivity index (χ4v) is 3.12. The van der Waals surface area contributed by atoms with Crippen LogP contribution in [0.4, 0.5) is 4.79 Å². The molecule has 1 saturated heterocycles. The van der Waals surface area contributed by atoms with Crippen LogP contribution in [-0.4, -0.2) is 41.9 Å². The molecule has 2 atom stereocenters. The van der Waals surface area contributed by atoms with Gasteiger partial charge >= 0.3 is 6.03 Å². The van der Waals surface area contributed by atoms with Gasteiger partial charge in [0.25, 0.3) is 5.91 Å². The summed E-state index contributed by atoms with van der Waals surface area (Å²) in [5, 5.41) is 5.51. The minimum absolute atomic E-state index is 0.174. The summed E-state index contributed by atoms with van der Waals surface area (Å²) in [4.78, 5) is 38.4. The lowest BCUT2D eigenvalue weighted by molar-refractivity contribution is -0.135. The molecule has 2 unspecified atom stereocenters. The van der Waals surface area contributed by atoms with Gasteiger partial charge in [-0.25, -0.2) is 4.79 Å². The van der Waals surface area contributed by atoms with Crippen molar-refractivity contribution in [2.24, 2.45) is 11.7 Å². The van der Waals surface area contributed by atoms with E-state index in [1.807, 2.05) is 45.0 Å². The maximum atomic E-state index is 12.8. The van der Waals surface area contributed by atoms with E-state index in [2.05, 4.69) is 10.6 Å². The summed E-state index contributed by atoms with van der Waals surface area (Å²) in [6.07, 6.45) is 0.740. The first kappa shape index (κ1) is 19.9. The van der Waals surface area contributed by atoms with Crippen molar-refractivity contribution >= 4 is 17.8 Å². The topological polar surface area (TPSA) is 105 Å². The number of urea groups is 1. The van der Waals surface area contributed by atoms with Gasteiger partial charge in [-0.15, -0.1) is 0 Å². The minimum Gasteiger partial charge on any atom is -0.351 e. The summed E-state index contributed by atoms with van der Waals surface area (Å²) in [6.45, 7) is 7.67. The second kappa shape index (κ2) is 7.86. The maximum Gasteiger partial charge on any atom is 0.325 e. The predicted molar refractivity (Wildman–Crippen MR) is 99.2 cm³/mol. The van der Waals surface area contributed by atoms with E-state index in [0.29, 0.717) is 18.0 Å². The number of nitrogens with two attached hydrogens (primary N) is 1. The average molecular weight is 360 g/mol. The molecule has 1 aromatic carbocycles. The Kier molecular flexibility index (Phi) is 6.02. The molecular weight excluding hydrogens is 332 g/mol. The van der Waals surface area contributed by atoms with Gasteiger partial charge in [-0.1, -0.05) is 43.7 Å². The van der Waals surface area contributed by atoms with Gasteiger partial charge < -0.3 is 16.4 Å². The number of hydrogen-bond donors (Lipinski definition) is 3. The summed E-state index contributed by atoms with van der Waals surface area (Å²) in [6, 6.07) is 6.64. The van der Waals surface area contributed by atoms with E-state index < -0.39 is 23.4 Å². The zero-order valence-corrected chi connectivity index (χ0v) is 15.8. The van der Waals surface area contributed by atoms with Crippen LogP contribution < -0.4 is 16.4 Å². The third-order valence-corrected chi connectivity index (χ3v) is 4.61. The SMILES string of the molecule is Cc1ccc(C2(C)NC(=O)N(CC(=O)NC(CN)CC(C)C)C2=O)cc1. The first-order valence-corrected chi connectivity index (χ1v) is 8.88. The van der Waals surface area contributed by atoms with Crippen LogP contribution >= 0.6 is 0 Å². The normalized spacial score (nSPS) is 21.1. The molecule has 1 aliphatic heterocycles. The Hall–Kier alpha value is -2.41. The first-order chi connectivity index (χ1) is 12.2.